The number of carbonyl (C=O) groups is 3. The van der Waals surface area contributed by atoms with Crippen molar-refractivity contribution in [3.63, 3.8) is 0 Å². The molecule has 9 aliphatic heterocycles. The first-order chi connectivity index (χ1) is 52.8. The van der Waals surface area contributed by atoms with E-state index in [0.29, 0.717) is 100 Å². The van der Waals surface area contributed by atoms with Gasteiger partial charge in [-0.1, -0.05) is 6.07 Å². The fraction of sp³-hybridized carbons (Fsp3) is 0.316. The average Bonchev–Trinajstić information content (AvgIpc) is 0.966. The van der Waals surface area contributed by atoms with Gasteiger partial charge in [-0.3, -0.25) is 29.3 Å². The largest absolute Gasteiger partial charge is 0.496 e. The second-order valence-corrected chi connectivity index (χ2v) is 29.2. The predicted octanol–water partition coefficient (Wildman–Crippen LogP) is 8.22. The topological polar surface area (TPSA) is 318 Å². The summed E-state index contributed by atoms with van der Waals surface area (Å²) in [5, 5.41) is 32.6. The van der Waals surface area contributed by atoms with Crippen LogP contribution in [0.3, 0.4) is 0 Å². The van der Waals surface area contributed by atoms with Crippen molar-refractivity contribution in [3.8, 4) is 45.3 Å². The number of fused-ring (bicyclic) bond motifs is 8. The number of nitrogens with one attached hydrogen (secondary N) is 9. The summed E-state index contributed by atoms with van der Waals surface area (Å²) < 4.78 is 17.2. The highest BCUT2D eigenvalue weighted by Gasteiger charge is 2.48. The molecule has 0 radical (unpaired) electrons. The Kier molecular flexibility index (Phi) is 16.3. The molecule has 6 fully saturated rings. The molecular formula is C79H80N24O5. The Morgan fingerprint density at radius 1 is 0.481 bits per heavy atom. The molecular weight excluding hydrogens is 1370 g/mol. The lowest BCUT2D eigenvalue weighted by molar-refractivity contribution is 0.0958. The van der Waals surface area contributed by atoms with E-state index in [-0.39, 0.29) is 17.7 Å². The fourth-order valence-electron chi connectivity index (χ4n) is 17.4. The second-order valence-electron chi connectivity index (χ2n) is 29.2. The summed E-state index contributed by atoms with van der Waals surface area (Å²) in [6, 6.07) is 26.5. The van der Waals surface area contributed by atoms with E-state index in [4.69, 9.17) is 39.4 Å². The number of rotatable bonds is 14. The van der Waals surface area contributed by atoms with Gasteiger partial charge in [-0.25, -0.2) is 29.9 Å². The molecule has 3 amide bonds. The second kappa shape index (κ2) is 26.6. The monoisotopic (exact) mass is 1440 g/mol. The van der Waals surface area contributed by atoms with Gasteiger partial charge in [0.15, 0.2) is 0 Å². The Hall–Kier alpha value is -12.3. The summed E-state index contributed by atoms with van der Waals surface area (Å²) in [5.74, 6) is 7.04. The maximum atomic E-state index is 13.0. The maximum absolute atomic E-state index is 13.0. The van der Waals surface area contributed by atoms with E-state index in [2.05, 4.69) is 77.5 Å². The third-order valence-electron chi connectivity index (χ3n) is 23.0. The van der Waals surface area contributed by atoms with Crippen LogP contribution < -0.4 is 72.0 Å². The molecule has 546 valence electrons. The molecule has 108 heavy (non-hydrogen) atoms. The highest BCUT2D eigenvalue weighted by atomic mass is 16.5. The van der Waals surface area contributed by atoms with Gasteiger partial charge in [0, 0.05) is 216 Å². The van der Waals surface area contributed by atoms with Crippen LogP contribution >= 0.6 is 0 Å². The molecule has 12 aromatic rings. The van der Waals surface area contributed by atoms with E-state index in [9.17, 15) is 14.4 Å². The van der Waals surface area contributed by atoms with Gasteiger partial charge in [0.1, 0.15) is 63.3 Å². The van der Waals surface area contributed by atoms with Crippen molar-refractivity contribution < 1.29 is 23.9 Å². The molecule has 29 heteroatoms. The lowest BCUT2D eigenvalue weighted by Gasteiger charge is -2.56. The quantitative estimate of drug-likeness (QED) is 0.0495. The molecule has 6 saturated heterocycles. The average molecular weight is 1450 g/mol. The zero-order chi connectivity index (χ0) is 73.1. The number of amides is 3. The molecule has 0 unspecified atom stereocenters. The smallest absolute Gasteiger partial charge is 0.254 e. The number of carbonyl (C=O) groups excluding carboxylic acids is 3. The molecule has 9 N–H and O–H groups in total. The zero-order valence-electron chi connectivity index (χ0n) is 60.4. The van der Waals surface area contributed by atoms with Gasteiger partial charge in [0.25, 0.3) is 17.7 Å². The maximum Gasteiger partial charge on any atom is 0.254 e. The van der Waals surface area contributed by atoms with Gasteiger partial charge in [-0.2, -0.15) is 0 Å². The van der Waals surface area contributed by atoms with Crippen molar-refractivity contribution in [2.75, 3.05) is 104 Å². The zero-order valence-corrected chi connectivity index (χ0v) is 60.4. The van der Waals surface area contributed by atoms with Crippen molar-refractivity contribution in [2.45, 2.75) is 56.5 Å². The lowest BCUT2D eigenvalue weighted by Crippen LogP contribution is -2.76. The van der Waals surface area contributed by atoms with Crippen LogP contribution in [0.4, 0.5) is 52.0 Å². The Bertz CT molecular complexity index is 5410. The minimum absolute atomic E-state index is 0.101. The molecule has 0 bridgehead atoms. The fourth-order valence-corrected chi connectivity index (χ4v) is 17.4. The van der Waals surface area contributed by atoms with Crippen LogP contribution in [0.1, 0.15) is 67.0 Å². The van der Waals surface area contributed by atoms with E-state index in [0.717, 1.165) is 184 Å². The van der Waals surface area contributed by atoms with Gasteiger partial charge in [-0.05, 0) is 86.2 Å². The standard InChI is InChI=1S/2C27H28N8O2.C25H24N8O/c2*1-34-7-5-18-17(3-6-29-26(18)34)25-19-12-31-27(36)24(19)20(13-30-25)32-22-9-16(37-2)10-23(33-22)35-8-4-15-11-28-14-21(15)35;1-32-10-6-16-15(5-8-26-23(16)32)22-17-11-28-24(34)21(17)18(12-27-22)30-19-3-2-4-20(31-19)33-13-25(14-33)7-9-29-25/h2*3,5-7,9-10,13,15,21,28H,4,8,11-12,14H2,1-2H3,(H,31,36)(H,32,33);2-6,8,10,12,29H,7,9,11,13-14H2,1H3,(H,28,34)(H,30,31)/t2*15-,21+;/m10./s1. The molecule has 0 aliphatic carbocycles. The van der Waals surface area contributed by atoms with Crippen LogP contribution in [0, 0.1) is 11.8 Å². The number of aromatic nitrogens is 12. The first-order valence-electron chi connectivity index (χ1n) is 36.8. The number of hydrogen-bond acceptors (Lipinski definition) is 23. The molecule has 21 heterocycles. The molecule has 12 aromatic heterocycles. The van der Waals surface area contributed by atoms with Crippen LogP contribution in [-0.2, 0) is 40.8 Å². The van der Waals surface area contributed by atoms with Crippen molar-refractivity contribution in [1.82, 2.24) is 90.5 Å². The molecule has 0 saturated carbocycles. The summed E-state index contributed by atoms with van der Waals surface area (Å²) >= 11 is 0. The Morgan fingerprint density at radius 2 is 0.889 bits per heavy atom. The first-order valence-corrected chi connectivity index (χ1v) is 36.8. The van der Waals surface area contributed by atoms with E-state index < -0.39 is 0 Å². The number of pyridine rings is 9. The van der Waals surface area contributed by atoms with Gasteiger partial charge in [-0.15, -0.1) is 0 Å². The number of ether oxygens (including phenoxy) is 2. The van der Waals surface area contributed by atoms with Crippen LogP contribution in [0.5, 0.6) is 11.5 Å². The Balaban J connectivity index is 0.000000110. The molecule has 21 rings (SSSR count). The summed E-state index contributed by atoms with van der Waals surface area (Å²) in [5.41, 5.74) is 14.6. The predicted molar refractivity (Wildman–Crippen MR) is 413 cm³/mol. The summed E-state index contributed by atoms with van der Waals surface area (Å²) in [7, 11) is 9.23. The highest BCUT2D eigenvalue weighted by Crippen LogP contribution is 2.43. The minimum atomic E-state index is -0.123. The van der Waals surface area contributed by atoms with Crippen LogP contribution in [0.15, 0.2) is 135 Å². The first kappa shape index (κ1) is 66.4. The van der Waals surface area contributed by atoms with Crippen molar-refractivity contribution in [1.29, 1.82) is 0 Å². The Morgan fingerprint density at radius 3 is 1.29 bits per heavy atom. The summed E-state index contributed by atoms with van der Waals surface area (Å²) in [6.45, 7) is 10.4. The summed E-state index contributed by atoms with van der Waals surface area (Å²) in [6.07, 6.45) is 20.0. The molecule has 4 atom stereocenters. The molecule has 9 aliphatic rings. The van der Waals surface area contributed by atoms with Crippen LogP contribution in [0.2, 0.25) is 0 Å². The normalized spacial score (nSPS) is 19.5. The van der Waals surface area contributed by atoms with E-state index >= 15 is 0 Å². The van der Waals surface area contributed by atoms with Crippen LogP contribution in [0.25, 0.3) is 66.9 Å². The van der Waals surface area contributed by atoms with Crippen LogP contribution in [-0.4, -0.2) is 167 Å². The Labute approximate surface area is 620 Å². The van der Waals surface area contributed by atoms with E-state index in [1.807, 2.05) is 132 Å². The van der Waals surface area contributed by atoms with Gasteiger partial charge < -0.3 is 85.7 Å². The highest BCUT2D eigenvalue weighted by molar-refractivity contribution is 6.09. The molecule has 0 aromatic carbocycles. The van der Waals surface area contributed by atoms with E-state index in [1.165, 1.54) is 6.42 Å². The van der Waals surface area contributed by atoms with E-state index in [1.54, 1.807) is 51.4 Å². The van der Waals surface area contributed by atoms with Crippen molar-refractivity contribution in [2.24, 2.45) is 33.0 Å². The molecule has 1 spiro atoms. The van der Waals surface area contributed by atoms with Gasteiger partial charge >= 0.3 is 0 Å². The number of hydrogen-bond donors (Lipinski definition) is 9. The number of nitrogens with zero attached hydrogens (tertiary/aromatic N) is 15. The van der Waals surface area contributed by atoms with Crippen molar-refractivity contribution in [3.05, 3.63) is 168 Å². The van der Waals surface area contributed by atoms with Crippen molar-refractivity contribution >= 4 is 103 Å². The summed E-state index contributed by atoms with van der Waals surface area (Å²) in [4.78, 5) is 88.4. The minimum Gasteiger partial charge on any atom is -0.496 e. The molecule has 29 nitrogen and oxygen atoms in total. The van der Waals surface area contributed by atoms with Gasteiger partial charge in [0.2, 0.25) is 0 Å². The number of methoxy groups -OCH3 is 2. The number of anilines is 9. The SMILES string of the molecule is COc1cc(Nc2cnc(-c3ccnc4c3ccn4C)c3c2C(=O)NC3)nc(N2CC[C@@H]3CNC[C@@H]32)c1.COc1cc(Nc2cnc(-c3ccnc4c3ccn4C)c3c2C(=O)NC3)nc(N2CC[C@H]3CNC[C@H]32)c1.Cn1ccc2c(-c3ncc(Nc4cccc(N5CC6(CCN6)C5)n4)c4c3CNC4=O)ccnc21. The third-order valence-corrected chi connectivity index (χ3v) is 23.0. The lowest BCUT2D eigenvalue weighted by atomic mass is 9.80. The number of aryl methyl sites for hydroxylation is 3. The third kappa shape index (κ3) is 11.5. The van der Waals surface area contributed by atoms with Gasteiger partial charge in [0.05, 0.1) is 89.2 Å².